The molecule has 3 rings (SSSR count). The van der Waals surface area contributed by atoms with E-state index in [4.69, 9.17) is 0 Å². The van der Waals surface area contributed by atoms with E-state index in [0.29, 0.717) is 6.42 Å². The second-order valence-electron chi connectivity index (χ2n) is 6.31. The first-order valence-electron chi connectivity index (χ1n) is 8.18. The van der Waals surface area contributed by atoms with Gasteiger partial charge in [0.15, 0.2) is 23.0 Å². The molecule has 0 aromatic carbocycles. The minimum absolute atomic E-state index is 0.00558. The van der Waals surface area contributed by atoms with Gasteiger partial charge >= 0.3 is 5.92 Å². The molecule has 6 nitrogen and oxygen atoms in total. The molecule has 2 heterocycles. The highest BCUT2D eigenvalue weighted by molar-refractivity contribution is 6.25. The largest absolute Gasteiger partial charge is 0.378 e. The fourth-order valence-electron chi connectivity index (χ4n) is 3.11. The van der Waals surface area contributed by atoms with Gasteiger partial charge in [-0.2, -0.15) is 8.78 Å². The fourth-order valence-corrected chi connectivity index (χ4v) is 3.11. The summed E-state index contributed by atoms with van der Waals surface area (Å²) in [6.45, 7) is -1.07. The smallest absolute Gasteiger partial charge is 0.313 e. The van der Waals surface area contributed by atoms with Gasteiger partial charge in [-0.25, -0.2) is 14.4 Å². The zero-order valence-electron chi connectivity index (χ0n) is 14.3. The van der Waals surface area contributed by atoms with E-state index < -0.39 is 52.9 Å². The monoisotopic (exact) mass is 380 g/mol. The van der Waals surface area contributed by atoms with Crippen LogP contribution in [0.25, 0.3) is 11.0 Å². The van der Waals surface area contributed by atoms with E-state index >= 15 is 0 Å². The Balaban J connectivity index is 2.20. The molecular weight excluding hydrogens is 365 g/mol. The molecule has 142 valence electrons. The van der Waals surface area contributed by atoms with Crippen LogP contribution in [0.15, 0.2) is 18.3 Å². The number of methoxy groups -OCH3 is 1. The van der Waals surface area contributed by atoms with Crippen molar-refractivity contribution in [2.45, 2.75) is 25.2 Å². The molecule has 0 radical (unpaired) electrons. The maximum Gasteiger partial charge on any atom is 0.313 e. The normalized spacial score (nSPS) is 16.1. The molecule has 1 aliphatic rings. The summed E-state index contributed by atoms with van der Waals surface area (Å²) in [5, 5.41) is 0.00558. The van der Waals surface area contributed by atoms with Crippen molar-refractivity contribution in [2.75, 3.05) is 13.7 Å². The van der Waals surface area contributed by atoms with Crippen molar-refractivity contribution in [3.05, 3.63) is 35.4 Å². The van der Waals surface area contributed by atoms with Gasteiger partial charge in [-0.3, -0.25) is 14.4 Å². The zero-order chi connectivity index (χ0) is 19.8. The number of carbonyl (C=O) groups is 3. The van der Waals surface area contributed by atoms with Gasteiger partial charge in [0.05, 0.1) is 6.20 Å². The van der Waals surface area contributed by atoms with Crippen LogP contribution in [-0.2, 0) is 20.2 Å². The lowest BCUT2D eigenvalue weighted by Gasteiger charge is -2.22. The molecule has 9 heteroatoms. The quantitative estimate of drug-likeness (QED) is 0.586. The first kappa shape index (κ1) is 19.1. The van der Waals surface area contributed by atoms with E-state index in [2.05, 4.69) is 14.7 Å². The minimum Gasteiger partial charge on any atom is -0.378 e. The molecule has 0 saturated heterocycles. The number of halogens is 3. The second-order valence-corrected chi connectivity index (χ2v) is 6.31. The zero-order valence-corrected chi connectivity index (χ0v) is 14.3. The SMILES string of the molecule is COCC(F)(F)c1nc2ncc(F)cc2cc1C(=O)C1C(=O)CCCC1=O. The lowest BCUT2D eigenvalue weighted by atomic mass is 9.81. The number of pyridine rings is 2. The lowest BCUT2D eigenvalue weighted by Crippen LogP contribution is -2.37. The summed E-state index contributed by atoms with van der Waals surface area (Å²) in [6.07, 6.45) is 1.16. The predicted molar refractivity (Wildman–Crippen MR) is 87.0 cm³/mol. The molecule has 1 aliphatic carbocycles. The Morgan fingerprint density at radius 3 is 2.56 bits per heavy atom. The van der Waals surface area contributed by atoms with Crippen molar-refractivity contribution >= 4 is 28.4 Å². The number of alkyl halides is 2. The third-order valence-electron chi connectivity index (χ3n) is 4.32. The molecule has 0 unspecified atom stereocenters. The number of ketones is 3. The summed E-state index contributed by atoms with van der Waals surface area (Å²) in [5.74, 6) is -8.36. The molecule has 0 atom stereocenters. The molecule has 1 fully saturated rings. The van der Waals surface area contributed by atoms with Crippen molar-refractivity contribution in [2.24, 2.45) is 5.92 Å². The summed E-state index contributed by atoms with van der Waals surface area (Å²) in [6, 6.07) is 1.98. The maximum atomic E-state index is 14.5. The van der Waals surface area contributed by atoms with Crippen LogP contribution in [0.2, 0.25) is 0 Å². The number of Topliss-reactive ketones (excluding diaryl/α,β-unsaturated/α-hetero) is 3. The van der Waals surface area contributed by atoms with Gasteiger partial charge in [-0.15, -0.1) is 0 Å². The number of hydrogen-bond donors (Lipinski definition) is 0. The Kier molecular flexibility index (Phi) is 5.05. The molecule has 1 saturated carbocycles. The van der Waals surface area contributed by atoms with E-state index in [-0.39, 0.29) is 23.9 Å². The number of hydrogen-bond acceptors (Lipinski definition) is 6. The van der Waals surface area contributed by atoms with Crippen LogP contribution in [0.3, 0.4) is 0 Å². The Bertz CT molecular complexity index is 930. The van der Waals surface area contributed by atoms with Crippen molar-refractivity contribution in [3.8, 4) is 0 Å². The minimum atomic E-state index is -3.68. The average Bonchev–Trinajstić information content (AvgIpc) is 2.60. The fraction of sp³-hybridized carbons (Fsp3) is 0.389. The van der Waals surface area contributed by atoms with Crippen molar-refractivity contribution < 1.29 is 32.3 Å². The number of ether oxygens (including phenoxy) is 1. The van der Waals surface area contributed by atoms with Gasteiger partial charge in [0.1, 0.15) is 24.0 Å². The number of rotatable bonds is 5. The highest BCUT2D eigenvalue weighted by Crippen LogP contribution is 2.33. The molecule has 2 aromatic rings. The van der Waals surface area contributed by atoms with Crippen LogP contribution in [0.5, 0.6) is 0 Å². The average molecular weight is 380 g/mol. The van der Waals surface area contributed by atoms with E-state index in [0.717, 1.165) is 25.4 Å². The van der Waals surface area contributed by atoms with Crippen LogP contribution in [-0.4, -0.2) is 41.0 Å². The van der Waals surface area contributed by atoms with Crippen LogP contribution in [0.4, 0.5) is 13.2 Å². The third kappa shape index (κ3) is 3.59. The van der Waals surface area contributed by atoms with E-state index in [9.17, 15) is 27.6 Å². The van der Waals surface area contributed by atoms with Crippen LogP contribution >= 0.6 is 0 Å². The summed E-state index contributed by atoms with van der Waals surface area (Å²) >= 11 is 0. The highest BCUT2D eigenvalue weighted by atomic mass is 19.3. The number of carbonyl (C=O) groups excluding carboxylic acids is 3. The Labute approximate surface area is 151 Å². The number of nitrogens with zero attached hydrogens (tertiary/aromatic N) is 2. The Hall–Kier alpha value is -2.68. The second kappa shape index (κ2) is 7.15. The standard InChI is InChI=1S/C18H15F3N2O4/c1-27-8-18(20,21)16-11(6-9-5-10(19)7-22-17(9)23-16)15(26)14-12(24)3-2-4-13(14)25/h5-7,14H,2-4,8H2,1H3. The molecule has 2 aromatic heterocycles. The van der Waals surface area contributed by atoms with E-state index in [1.807, 2.05) is 0 Å². The van der Waals surface area contributed by atoms with Crippen molar-refractivity contribution in [1.29, 1.82) is 0 Å². The summed E-state index contributed by atoms with van der Waals surface area (Å²) in [4.78, 5) is 44.4. The molecular formula is C18H15F3N2O4. The first-order chi connectivity index (χ1) is 12.7. The van der Waals surface area contributed by atoms with Gasteiger partial charge < -0.3 is 4.74 Å². The van der Waals surface area contributed by atoms with Crippen molar-refractivity contribution in [1.82, 2.24) is 9.97 Å². The highest BCUT2D eigenvalue weighted by Gasteiger charge is 2.43. The molecule has 0 amide bonds. The van der Waals surface area contributed by atoms with Gasteiger partial charge in [0.25, 0.3) is 0 Å². The predicted octanol–water partition coefficient (Wildman–Crippen LogP) is 2.63. The molecule has 0 aliphatic heterocycles. The molecule has 0 N–H and O–H groups in total. The van der Waals surface area contributed by atoms with Crippen LogP contribution in [0, 0.1) is 11.7 Å². The van der Waals surface area contributed by atoms with Gasteiger partial charge in [-0.1, -0.05) is 0 Å². The maximum absolute atomic E-state index is 14.5. The number of aromatic nitrogens is 2. The van der Waals surface area contributed by atoms with Crippen LogP contribution in [0.1, 0.15) is 35.3 Å². The summed E-state index contributed by atoms with van der Waals surface area (Å²) in [7, 11) is 1.05. The molecule has 0 spiro atoms. The summed E-state index contributed by atoms with van der Waals surface area (Å²) < 4.78 is 47.0. The summed E-state index contributed by atoms with van der Waals surface area (Å²) in [5.41, 5.74) is -1.75. The van der Waals surface area contributed by atoms with E-state index in [1.54, 1.807) is 0 Å². The number of fused-ring (bicyclic) bond motifs is 1. The Morgan fingerprint density at radius 1 is 1.26 bits per heavy atom. The van der Waals surface area contributed by atoms with E-state index in [1.165, 1.54) is 0 Å². The Morgan fingerprint density at radius 2 is 1.93 bits per heavy atom. The van der Waals surface area contributed by atoms with Crippen LogP contribution < -0.4 is 0 Å². The third-order valence-corrected chi connectivity index (χ3v) is 4.32. The van der Waals surface area contributed by atoms with Gasteiger partial charge in [0, 0.05) is 30.9 Å². The lowest BCUT2D eigenvalue weighted by molar-refractivity contribution is -0.133. The topological polar surface area (TPSA) is 86.2 Å². The molecule has 0 bridgehead atoms. The van der Waals surface area contributed by atoms with Gasteiger partial charge in [0.2, 0.25) is 0 Å². The first-order valence-corrected chi connectivity index (χ1v) is 8.18. The molecule has 27 heavy (non-hydrogen) atoms. The van der Waals surface area contributed by atoms with Gasteiger partial charge in [-0.05, 0) is 18.6 Å². The van der Waals surface area contributed by atoms with Crippen molar-refractivity contribution in [3.63, 3.8) is 0 Å².